The Morgan fingerprint density at radius 3 is 1.92 bits per heavy atom. The maximum atomic E-state index is 10.6. The topological polar surface area (TPSA) is 74.6 Å². The largest absolute Gasteiger partial charge is 0.480 e. The van der Waals surface area contributed by atoms with Crippen molar-refractivity contribution in [3.05, 3.63) is 0 Å². The van der Waals surface area contributed by atoms with E-state index in [1.165, 1.54) is 6.92 Å². The number of carbonyl (C=O) groups is 2. The van der Waals surface area contributed by atoms with Crippen molar-refractivity contribution < 1.29 is 19.8 Å². The third-order valence-corrected chi connectivity index (χ3v) is 1.83. The molecular weight excluding hydrogens is 160 g/mol. The summed E-state index contributed by atoms with van der Waals surface area (Å²) in [5.74, 6) is -0.698. The van der Waals surface area contributed by atoms with Gasteiger partial charge in [0.1, 0.15) is 0 Å². The van der Waals surface area contributed by atoms with E-state index in [9.17, 15) is 9.59 Å². The summed E-state index contributed by atoms with van der Waals surface area (Å²) < 4.78 is 0. The summed E-state index contributed by atoms with van der Waals surface area (Å²) in [7, 11) is 0. The van der Waals surface area contributed by atoms with Gasteiger partial charge >= 0.3 is 11.9 Å². The van der Waals surface area contributed by atoms with E-state index in [4.69, 9.17) is 16.6 Å². The number of aliphatic carboxylic acids is 2. The standard InChI is InChI=1S/C8H10O4/c1-3-5-8(4-2,6(9)10)7(11)12/h1H,4-5H2,2H3,(H,9,10)(H,11,12). The molecule has 0 aromatic rings. The summed E-state index contributed by atoms with van der Waals surface area (Å²) in [4.78, 5) is 21.2. The van der Waals surface area contributed by atoms with Crippen LogP contribution in [0.5, 0.6) is 0 Å². The molecule has 12 heavy (non-hydrogen) atoms. The number of hydrogen-bond acceptors (Lipinski definition) is 2. The molecular formula is C8H10O4. The fraction of sp³-hybridized carbons (Fsp3) is 0.500. The minimum atomic E-state index is -1.81. The molecule has 0 unspecified atom stereocenters. The Bertz CT molecular complexity index is 222. The van der Waals surface area contributed by atoms with Crippen molar-refractivity contribution in [1.29, 1.82) is 0 Å². The molecule has 0 aliphatic heterocycles. The first-order valence-corrected chi connectivity index (χ1v) is 3.41. The number of terminal acetylenes is 1. The zero-order valence-corrected chi connectivity index (χ0v) is 6.70. The van der Waals surface area contributed by atoms with Gasteiger partial charge in [0.05, 0.1) is 0 Å². The number of carboxylic acids is 2. The molecule has 0 radical (unpaired) electrons. The van der Waals surface area contributed by atoms with E-state index in [-0.39, 0.29) is 12.8 Å². The first-order valence-electron chi connectivity index (χ1n) is 3.41. The quantitative estimate of drug-likeness (QED) is 0.478. The van der Waals surface area contributed by atoms with Gasteiger partial charge < -0.3 is 10.2 Å². The monoisotopic (exact) mass is 170 g/mol. The fourth-order valence-electron chi connectivity index (χ4n) is 0.844. The summed E-state index contributed by atoms with van der Waals surface area (Å²) >= 11 is 0. The predicted octanol–water partition coefficient (Wildman–Crippen LogP) is 0.575. The molecule has 0 rings (SSSR count). The van der Waals surface area contributed by atoms with Gasteiger partial charge in [0, 0.05) is 6.42 Å². The minimum Gasteiger partial charge on any atom is -0.480 e. The van der Waals surface area contributed by atoms with E-state index in [1.807, 2.05) is 0 Å². The molecule has 0 fully saturated rings. The highest BCUT2D eigenvalue weighted by molar-refractivity contribution is 5.98. The normalized spacial score (nSPS) is 10.3. The summed E-state index contributed by atoms with van der Waals surface area (Å²) in [6.45, 7) is 1.49. The smallest absolute Gasteiger partial charge is 0.322 e. The summed E-state index contributed by atoms with van der Waals surface area (Å²) in [5.41, 5.74) is -1.81. The van der Waals surface area contributed by atoms with Gasteiger partial charge in [0.25, 0.3) is 0 Å². The van der Waals surface area contributed by atoms with Crippen LogP contribution in [0.15, 0.2) is 0 Å². The molecule has 0 heterocycles. The average Bonchev–Trinajstić information content (AvgIpc) is 1.98. The zero-order chi connectivity index (χ0) is 9.78. The van der Waals surface area contributed by atoms with Crippen molar-refractivity contribution in [1.82, 2.24) is 0 Å². The molecule has 4 heteroatoms. The molecule has 4 nitrogen and oxygen atoms in total. The molecule has 0 amide bonds. The van der Waals surface area contributed by atoms with E-state index in [0.717, 1.165) is 0 Å². The summed E-state index contributed by atoms with van der Waals surface area (Å²) in [5, 5.41) is 17.3. The number of rotatable bonds is 4. The van der Waals surface area contributed by atoms with E-state index < -0.39 is 17.4 Å². The van der Waals surface area contributed by atoms with Gasteiger partial charge in [-0.15, -0.1) is 12.3 Å². The van der Waals surface area contributed by atoms with Crippen LogP contribution in [-0.2, 0) is 9.59 Å². The van der Waals surface area contributed by atoms with Crippen molar-refractivity contribution in [2.24, 2.45) is 5.41 Å². The van der Waals surface area contributed by atoms with Gasteiger partial charge in [-0.3, -0.25) is 9.59 Å². The summed E-state index contributed by atoms with van der Waals surface area (Å²) in [6, 6.07) is 0. The third-order valence-electron chi connectivity index (χ3n) is 1.83. The molecule has 0 aliphatic rings. The van der Waals surface area contributed by atoms with Gasteiger partial charge in [0.15, 0.2) is 5.41 Å². The predicted molar refractivity (Wildman–Crippen MR) is 41.4 cm³/mol. The van der Waals surface area contributed by atoms with Crippen LogP contribution in [0.3, 0.4) is 0 Å². The SMILES string of the molecule is C#CCC(CC)(C(=O)O)C(=O)O. The van der Waals surface area contributed by atoms with Crippen LogP contribution in [0, 0.1) is 17.8 Å². The molecule has 0 saturated carbocycles. The fourth-order valence-corrected chi connectivity index (χ4v) is 0.844. The van der Waals surface area contributed by atoms with Crippen molar-refractivity contribution in [3.63, 3.8) is 0 Å². The maximum Gasteiger partial charge on any atom is 0.322 e. The molecule has 0 spiro atoms. The molecule has 2 N–H and O–H groups in total. The molecule has 66 valence electrons. The number of carboxylic acid groups (broad SMARTS) is 2. The number of hydrogen-bond donors (Lipinski definition) is 2. The Balaban J connectivity index is 4.92. The lowest BCUT2D eigenvalue weighted by Gasteiger charge is -2.19. The second-order valence-electron chi connectivity index (χ2n) is 2.43. The van der Waals surface area contributed by atoms with Crippen LogP contribution < -0.4 is 0 Å². The van der Waals surface area contributed by atoms with Crippen LogP contribution in [-0.4, -0.2) is 22.2 Å². The molecule has 0 aliphatic carbocycles. The van der Waals surface area contributed by atoms with Crippen LogP contribution in [0.25, 0.3) is 0 Å². The van der Waals surface area contributed by atoms with E-state index >= 15 is 0 Å². The van der Waals surface area contributed by atoms with Crippen molar-refractivity contribution in [2.45, 2.75) is 19.8 Å². The highest BCUT2D eigenvalue weighted by Crippen LogP contribution is 2.26. The minimum absolute atomic E-state index is 0.0120. The molecule has 0 atom stereocenters. The highest BCUT2D eigenvalue weighted by atomic mass is 16.4. The maximum absolute atomic E-state index is 10.6. The van der Waals surface area contributed by atoms with Crippen molar-refractivity contribution >= 4 is 11.9 Å². The lowest BCUT2D eigenvalue weighted by Crippen LogP contribution is -2.38. The van der Waals surface area contributed by atoms with Crippen LogP contribution in [0.4, 0.5) is 0 Å². The Morgan fingerprint density at radius 2 is 1.83 bits per heavy atom. The van der Waals surface area contributed by atoms with Crippen molar-refractivity contribution in [3.8, 4) is 12.3 Å². The van der Waals surface area contributed by atoms with Crippen LogP contribution >= 0.6 is 0 Å². The van der Waals surface area contributed by atoms with E-state index in [0.29, 0.717) is 0 Å². The first kappa shape index (κ1) is 10.5. The second-order valence-corrected chi connectivity index (χ2v) is 2.43. The summed E-state index contributed by atoms with van der Waals surface area (Å²) in [6.07, 6.45) is 4.59. The lowest BCUT2D eigenvalue weighted by atomic mass is 9.82. The molecule has 0 saturated heterocycles. The Morgan fingerprint density at radius 1 is 1.42 bits per heavy atom. The van der Waals surface area contributed by atoms with Gasteiger partial charge in [-0.2, -0.15) is 0 Å². The van der Waals surface area contributed by atoms with Crippen molar-refractivity contribution in [2.75, 3.05) is 0 Å². The lowest BCUT2D eigenvalue weighted by molar-refractivity contribution is -0.164. The molecule has 0 bridgehead atoms. The van der Waals surface area contributed by atoms with Gasteiger partial charge in [-0.05, 0) is 6.42 Å². The van der Waals surface area contributed by atoms with Gasteiger partial charge in [0.2, 0.25) is 0 Å². The zero-order valence-electron chi connectivity index (χ0n) is 6.70. The molecule has 0 aromatic heterocycles. The second kappa shape index (κ2) is 3.77. The highest BCUT2D eigenvalue weighted by Gasteiger charge is 2.44. The molecule has 0 aromatic carbocycles. The Kier molecular flexibility index (Phi) is 3.30. The van der Waals surface area contributed by atoms with Gasteiger partial charge in [-0.1, -0.05) is 6.92 Å². The van der Waals surface area contributed by atoms with E-state index in [1.54, 1.807) is 0 Å². The average molecular weight is 170 g/mol. The third kappa shape index (κ3) is 1.56. The van der Waals surface area contributed by atoms with Crippen LogP contribution in [0.2, 0.25) is 0 Å². The van der Waals surface area contributed by atoms with E-state index in [2.05, 4.69) is 5.92 Å². The Hall–Kier alpha value is -1.50. The Labute approximate surface area is 70.2 Å². The van der Waals surface area contributed by atoms with Gasteiger partial charge in [-0.25, -0.2) is 0 Å². The van der Waals surface area contributed by atoms with Crippen LogP contribution in [0.1, 0.15) is 19.8 Å². The first-order chi connectivity index (χ1) is 5.51.